The van der Waals surface area contributed by atoms with E-state index >= 15 is 0 Å². The highest BCUT2D eigenvalue weighted by Crippen LogP contribution is 2.38. The first kappa shape index (κ1) is 19.7. The van der Waals surface area contributed by atoms with Crippen LogP contribution >= 0.6 is 11.8 Å². The summed E-state index contributed by atoms with van der Waals surface area (Å²) in [6, 6.07) is 8.95. The number of ether oxygens (including phenoxy) is 1. The van der Waals surface area contributed by atoms with Crippen molar-refractivity contribution >= 4 is 11.8 Å². The topological polar surface area (TPSA) is 84.8 Å². The molecule has 3 aromatic rings. The summed E-state index contributed by atoms with van der Waals surface area (Å²) in [5.74, 6) is 1.32. The molecule has 0 saturated carbocycles. The monoisotopic (exact) mass is 406 g/mol. The molecule has 0 saturated heterocycles. The van der Waals surface area contributed by atoms with Crippen molar-refractivity contribution in [2.45, 2.75) is 23.9 Å². The van der Waals surface area contributed by atoms with Crippen molar-refractivity contribution in [3.63, 3.8) is 0 Å². The highest BCUT2D eigenvalue weighted by molar-refractivity contribution is 7.98. The number of aryl methyl sites for hydroxylation is 1. The molecule has 0 bridgehead atoms. The van der Waals surface area contributed by atoms with Gasteiger partial charge in [-0.2, -0.15) is 23.4 Å². The van der Waals surface area contributed by atoms with Gasteiger partial charge in [0.1, 0.15) is 16.8 Å². The Morgan fingerprint density at radius 1 is 1.21 bits per heavy atom. The van der Waals surface area contributed by atoms with Crippen LogP contribution in [-0.4, -0.2) is 22.2 Å². The van der Waals surface area contributed by atoms with Gasteiger partial charge in [-0.05, 0) is 30.3 Å². The van der Waals surface area contributed by atoms with Crippen LogP contribution in [0.2, 0.25) is 0 Å². The van der Waals surface area contributed by atoms with Crippen molar-refractivity contribution in [3.05, 3.63) is 53.2 Å². The molecule has 10 heteroatoms. The third kappa shape index (κ3) is 4.26. The van der Waals surface area contributed by atoms with E-state index in [1.165, 1.54) is 7.11 Å². The van der Waals surface area contributed by atoms with E-state index in [0.717, 1.165) is 17.8 Å². The minimum absolute atomic E-state index is 0.0504. The molecule has 1 aromatic carbocycles. The van der Waals surface area contributed by atoms with Crippen LogP contribution in [0.5, 0.6) is 5.75 Å². The second-order valence-electron chi connectivity index (χ2n) is 5.59. The summed E-state index contributed by atoms with van der Waals surface area (Å²) in [6.07, 6.45) is -4.70. The average Bonchev–Trinajstić information content (AvgIpc) is 3.10. The molecule has 0 aliphatic carbocycles. The fourth-order valence-electron chi connectivity index (χ4n) is 2.40. The summed E-state index contributed by atoms with van der Waals surface area (Å²) >= 11 is 0.942. The third-order valence-corrected chi connectivity index (χ3v) is 4.67. The van der Waals surface area contributed by atoms with Crippen LogP contribution in [-0.2, 0) is 11.9 Å². The number of thioether (sulfide) groups is 1. The van der Waals surface area contributed by atoms with Crippen molar-refractivity contribution in [3.8, 4) is 23.1 Å². The summed E-state index contributed by atoms with van der Waals surface area (Å²) < 4.78 is 50.6. The van der Waals surface area contributed by atoms with Crippen LogP contribution in [0, 0.1) is 18.3 Å². The first-order chi connectivity index (χ1) is 13.3. The lowest BCUT2D eigenvalue weighted by molar-refractivity contribution is -0.138. The number of nitrogens with zero attached hydrogens (tertiary/aromatic N) is 4. The Hall–Kier alpha value is -3.06. The van der Waals surface area contributed by atoms with Crippen LogP contribution in [0.3, 0.4) is 0 Å². The van der Waals surface area contributed by atoms with E-state index in [9.17, 15) is 18.4 Å². The number of hydrogen-bond acceptors (Lipinski definition) is 7. The number of nitriles is 1. The zero-order valence-corrected chi connectivity index (χ0v) is 15.6. The molecule has 0 radical (unpaired) electrons. The third-order valence-electron chi connectivity index (χ3n) is 3.70. The van der Waals surface area contributed by atoms with Gasteiger partial charge in [-0.3, -0.25) is 0 Å². The van der Waals surface area contributed by atoms with Crippen LogP contribution in [0.15, 0.2) is 39.9 Å². The number of benzene rings is 1. The van der Waals surface area contributed by atoms with Gasteiger partial charge in [0.25, 0.3) is 0 Å². The smallest absolute Gasteiger partial charge is 0.417 e. The maximum absolute atomic E-state index is 13.5. The Bertz CT molecular complexity index is 1030. The van der Waals surface area contributed by atoms with Crippen molar-refractivity contribution in [1.29, 1.82) is 5.26 Å². The minimum Gasteiger partial charge on any atom is -0.497 e. The second-order valence-corrected chi connectivity index (χ2v) is 6.56. The Labute approximate surface area is 162 Å². The number of hydrogen-bond donors (Lipinski definition) is 0. The summed E-state index contributed by atoms with van der Waals surface area (Å²) in [7, 11) is 1.49. The van der Waals surface area contributed by atoms with Crippen LogP contribution in [0.1, 0.15) is 22.8 Å². The molecular formula is C18H13F3N4O2S. The van der Waals surface area contributed by atoms with Crippen molar-refractivity contribution in [2.24, 2.45) is 0 Å². The lowest BCUT2D eigenvalue weighted by Gasteiger charge is -2.14. The van der Waals surface area contributed by atoms with E-state index in [4.69, 9.17) is 9.26 Å². The first-order valence-electron chi connectivity index (χ1n) is 7.90. The van der Waals surface area contributed by atoms with E-state index in [1.807, 2.05) is 0 Å². The fraction of sp³-hybridized carbons (Fsp3) is 0.222. The molecule has 0 amide bonds. The standard InChI is InChI=1S/C18H13F3N4O2S/c1-10-23-16(25-27-10)9-28-17-13(8-22)14(18(19,20)21)7-15(24-17)11-3-5-12(26-2)6-4-11/h3-7H,9H2,1-2H3. The summed E-state index contributed by atoms with van der Waals surface area (Å²) in [5, 5.41) is 13.0. The molecule has 0 spiro atoms. The average molecular weight is 406 g/mol. The molecule has 0 aliphatic heterocycles. The van der Waals surface area contributed by atoms with Crippen LogP contribution in [0.25, 0.3) is 11.3 Å². The van der Waals surface area contributed by atoms with Gasteiger partial charge in [-0.15, -0.1) is 0 Å². The Kier molecular flexibility index (Phi) is 5.56. The van der Waals surface area contributed by atoms with Crippen molar-refractivity contribution < 1.29 is 22.4 Å². The Balaban J connectivity index is 2.06. The van der Waals surface area contributed by atoms with E-state index in [1.54, 1.807) is 37.3 Å². The number of pyridine rings is 1. The van der Waals surface area contributed by atoms with Gasteiger partial charge < -0.3 is 9.26 Å². The van der Waals surface area contributed by atoms with Gasteiger partial charge in [0.15, 0.2) is 5.82 Å². The molecule has 0 fully saturated rings. The van der Waals surface area contributed by atoms with E-state index in [-0.39, 0.29) is 16.5 Å². The van der Waals surface area contributed by atoms with Gasteiger partial charge in [0.05, 0.1) is 29.7 Å². The van der Waals surface area contributed by atoms with Crippen molar-refractivity contribution in [1.82, 2.24) is 15.1 Å². The Morgan fingerprint density at radius 3 is 2.46 bits per heavy atom. The van der Waals surface area contributed by atoms with Crippen LogP contribution < -0.4 is 4.74 Å². The molecule has 0 atom stereocenters. The highest BCUT2D eigenvalue weighted by Gasteiger charge is 2.36. The molecule has 144 valence electrons. The minimum atomic E-state index is -4.70. The van der Waals surface area contributed by atoms with Gasteiger partial charge >= 0.3 is 6.18 Å². The first-order valence-corrected chi connectivity index (χ1v) is 8.89. The van der Waals surface area contributed by atoms with E-state index in [0.29, 0.717) is 23.0 Å². The molecule has 28 heavy (non-hydrogen) atoms. The normalized spacial score (nSPS) is 11.3. The SMILES string of the molecule is COc1ccc(-c2cc(C(F)(F)F)c(C#N)c(SCc3noc(C)n3)n2)cc1. The molecule has 3 rings (SSSR count). The van der Waals surface area contributed by atoms with Gasteiger partial charge in [-0.25, -0.2) is 4.98 Å². The summed E-state index contributed by atoms with van der Waals surface area (Å²) in [4.78, 5) is 8.29. The van der Waals surface area contributed by atoms with Crippen molar-refractivity contribution in [2.75, 3.05) is 7.11 Å². The number of halogens is 3. The molecule has 0 N–H and O–H groups in total. The molecule has 6 nitrogen and oxygen atoms in total. The summed E-state index contributed by atoms with van der Waals surface area (Å²) in [5.41, 5.74) is -1.01. The van der Waals surface area contributed by atoms with Gasteiger partial charge in [-0.1, -0.05) is 16.9 Å². The number of aromatic nitrogens is 3. The maximum atomic E-state index is 13.5. The predicted molar refractivity (Wildman–Crippen MR) is 94.5 cm³/mol. The van der Waals surface area contributed by atoms with Gasteiger partial charge in [0.2, 0.25) is 5.89 Å². The number of methoxy groups -OCH3 is 1. The summed E-state index contributed by atoms with van der Waals surface area (Å²) in [6.45, 7) is 1.60. The Morgan fingerprint density at radius 2 is 1.93 bits per heavy atom. The zero-order valence-electron chi connectivity index (χ0n) is 14.7. The molecule has 0 unspecified atom stereocenters. The number of rotatable bonds is 5. The molecular weight excluding hydrogens is 393 g/mol. The predicted octanol–water partition coefficient (Wildman–Crippen LogP) is 4.63. The van der Waals surface area contributed by atoms with E-state index in [2.05, 4.69) is 15.1 Å². The van der Waals surface area contributed by atoms with Crippen LogP contribution in [0.4, 0.5) is 13.2 Å². The highest BCUT2D eigenvalue weighted by atomic mass is 32.2. The fourth-order valence-corrected chi connectivity index (χ4v) is 3.25. The molecule has 2 heterocycles. The lowest BCUT2D eigenvalue weighted by Crippen LogP contribution is -2.10. The second kappa shape index (κ2) is 7.90. The quantitative estimate of drug-likeness (QED) is 0.571. The largest absolute Gasteiger partial charge is 0.497 e. The molecule has 2 aromatic heterocycles. The van der Waals surface area contributed by atoms with E-state index < -0.39 is 17.3 Å². The molecule has 0 aliphatic rings. The number of alkyl halides is 3. The zero-order chi connectivity index (χ0) is 20.3. The lowest BCUT2D eigenvalue weighted by atomic mass is 10.1. The van der Waals surface area contributed by atoms with Gasteiger partial charge in [0, 0.05) is 12.5 Å². The maximum Gasteiger partial charge on any atom is 0.417 e.